The van der Waals surface area contributed by atoms with E-state index in [2.05, 4.69) is 5.32 Å². The van der Waals surface area contributed by atoms with E-state index in [1.807, 2.05) is 55.4 Å². The molecule has 0 fully saturated rings. The predicted molar refractivity (Wildman–Crippen MR) is 105 cm³/mol. The molecule has 0 radical (unpaired) electrons. The van der Waals surface area contributed by atoms with Crippen molar-refractivity contribution in [3.05, 3.63) is 0 Å². The van der Waals surface area contributed by atoms with Crippen molar-refractivity contribution in [1.29, 1.82) is 0 Å². The lowest BCUT2D eigenvalue weighted by atomic mass is 9.98. The van der Waals surface area contributed by atoms with E-state index in [1.54, 1.807) is 21.0 Å². The van der Waals surface area contributed by atoms with Crippen molar-refractivity contribution in [3.8, 4) is 0 Å². The van der Waals surface area contributed by atoms with E-state index in [4.69, 9.17) is 14.2 Å². The van der Waals surface area contributed by atoms with Gasteiger partial charge >= 0.3 is 0 Å². The van der Waals surface area contributed by atoms with Gasteiger partial charge in [-0.2, -0.15) is 0 Å². The predicted octanol–water partition coefficient (Wildman–Crippen LogP) is 4.33. The molecule has 152 valence electrons. The Labute approximate surface area is 156 Å². The molecule has 1 N–H and O–H groups in total. The number of carbonyl (C=O) groups is 1. The third-order valence-electron chi connectivity index (χ3n) is 3.65. The van der Waals surface area contributed by atoms with Gasteiger partial charge in [0, 0.05) is 19.3 Å². The highest BCUT2D eigenvalue weighted by molar-refractivity contribution is 5.84. The molecule has 0 rings (SSSR count). The second kappa shape index (κ2) is 11.9. The van der Waals surface area contributed by atoms with Crippen LogP contribution in [0.1, 0.15) is 82.1 Å². The molecule has 0 saturated heterocycles. The molecule has 5 heteroatoms. The van der Waals surface area contributed by atoms with E-state index >= 15 is 0 Å². The van der Waals surface area contributed by atoms with Crippen LogP contribution < -0.4 is 5.32 Å². The summed E-state index contributed by atoms with van der Waals surface area (Å²) in [7, 11) is 1.66. The quantitative estimate of drug-likeness (QED) is 0.595. The van der Waals surface area contributed by atoms with Gasteiger partial charge in [-0.1, -0.05) is 13.8 Å². The second-order valence-electron chi connectivity index (χ2n) is 8.12. The maximum Gasteiger partial charge on any atom is 0.252 e. The molecule has 5 nitrogen and oxygen atoms in total. The minimum Gasteiger partial charge on any atom is -0.385 e. The van der Waals surface area contributed by atoms with Crippen LogP contribution in [0.15, 0.2) is 0 Å². The first-order valence-electron chi connectivity index (χ1n) is 9.45. The van der Waals surface area contributed by atoms with Crippen LogP contribution in [-0.2, 0) is 19.0 Å². The molecule has 0 aromatic heterocycles. The summed E-state index contributed by atoms with van der Waals surface area (Å²) in [6, 6.07) is 0. The van der Waals surface area contributed by atoms with Crippen molar-refractivity contribution < 1.29 is 19.0 Å². The summed E-state index contributed by atoms with van der Waals surface area (Å²) in [5.74, 6) is -0.110. The highest BCUT2D eigenvalue weighted by Crippen LogP contribution is 2.20. The highest BCUT2D eigenvalue weighted by Gasteiger charge is 2.33. The zero-order valence-corrected chi connectivity index (χ0v) is 18.5. The molecular formula is C20H43NO4. The molecule has 0 heterocycles. The summed E-state index contributed by atoms with van der Waals surface area (Å²) in [6.07, 6.45) is 1.65. The van der Waals surface area contributed by atoms with E-state index < -0.39 is 5.60 Å². The van der Waals surface area contributed by atoms with E-state index in [-0.39, 0.29) is 23.2 Å². The molecule has 0 aromatic rings. The molecular weight excluding hydrogens is 318 g/mol. The Morgan fingerprint density at radius 1 is 0.960 bits per heavy atom. The van der Waals surface area contributed by atoms with Crippen LogP contribution in [-0.4, -0.2) is 49.1 Å². The standard InChI is InChI=1S/C18H37NO4.C2H6/c1-14(2)23-17(5,6)11-13-22-18(7,8)15(20)19-16(3,4)10-12-21-9;1-2/h14H,10-13H2,1-9H3,(H,19,20);1-2H3. The Hall–Kier alpha value is -0.650. The fraction of sp³-hybridized carbons (Fsp3) is 0.950. The molecule has 0 aliphatic rings. The Balaban J connectivity index is 0. The summed E-state index contributed by atoms with van der Waals surface area (Å²) in [5, 5.41) is 3.04. The lowest BCUT2D eigenvalue weighted by Gasteiger charge is -2.33. The van der Waals surface area contributed by atoms with E-state index in [1.165, 1.54) is 0 Å². The van der Waals surface area contributed by atoms with Crippen LogP contribution in [0.25, 0.3) is 0 Å². The second-order valence-corrected chi connectivity index (χ2v) is 8.12. The molecule has 0 aliphatic heterocycles. The summed E-state index contributed by atoms with van der Waals surface area (Å²) >= 11 is 0. The van der Waals surface area contributed by atoms with Gasteiger partial charge in [-0.05, 0) is 68.2 Å². The number of hydrogen-bond donors (Lipinski definition) is 1. The molecule has 0 bridgehead atoms. The topological polar surface area (TPSA) is 56.8 Å². The van der Waals surface area contributed by atoms with Crippen molar-refractivity contribution in [2.75, 3.05) is 20.3 Å². The number of methoxy groups -OCH3 is 1. The summed E-state index contributed by atoms with van der Waals surface area (Å²) in [5.41, 5.74) is -1.47. The zero-order chi connectivity index (χ0) is 20.3. The largest absolute Gasteiger partial charge is 0.385 e. The van der Waals surface area contributed by atoms with Crippen LogP contribution in [0.2, 0.25) is 0 Å². The molecule has 1 amide bonds. The normalized spacial score (nSPS) is 12.6. The number of carbonyl (C=O) groups excluding carboxylic acids is 1. The Bertz CT molecular complexity index is 363. The van der Waals surface area contributed by atoms with Crippen molar-refractivity contribution in [3.63, 3.8) is 0 Å². The molecule has 0 unspecified atom stereocenters. The zero-order valence-electron chi connectivity index (χ0n) is 18.5. The van der Waals surface area contributed by atoms with Crippen LogP contribution in [0, 0.1) is 0 Å². The number of amides is 1. The first-order chi connectivity index (χ1) is 11.3. The average Bonchev–Trinajstić information content (AvgIpc) is 2.45. The molecule has 25 heavy (non-hydrogen) atoms. The molecule has 0 spiro atoms. The van der Waals surface area contributed by atoms with Gasteiger partial charge in [0.15, 0.2) is 0 Å². The van der Waals surface area contributed by atoms with Crippen molar-refractivity contribution in [1.82, 2.24) is 5.32 Å². The first kappa shape index (κ1) is 26.6. The third-order valence-corrected chi connectivity index (χ3v) is 3.65. The van der Waals surface area contributed by atoms with Crippen molar-refractivity contribution >= 4 is 5.91 Å². The van der Waals surface area contributed by atoms with Crippen LogP contribution in [0.4, 0.5) is 0 Å². The Kier molecular flexibility index (Phi) is 12.6. The minimum absolute atomic E-state index is 0.110. The summed E-state index contributed by atoms with van der Waals surface area (Å²) in [4.78, 5) is 12.5. The highest BCUT2D eigenvalue weighted by atomic mass is 16.5. The van der Waals surface area contributed by atoms with Gasteiger partial charge in [0.05, 0.1) is 18.3 Å². The number of nitrogens with one attached hydrogen (secondary N) is 1. The lowest BCUT2D eigenvalue weighted by molar-refractivity contribution is -0.148. The lowest BCUT2D eigenvalue weighted by Crippen LogP contribution is -2.53. The summed E-state index contributed by atoms with van der Waals surface area (Å²) < 4.78 is 16.8. The van der Waals surface area contributed by atoms with Crippen LogP contribution in [0.3, 0.4) is 0 Å². The van der Waals surface area contributed by atoms with Gasteiger partial charge in [0.2, 0.25) is 0 Å². The van der Waals surface area contributed by atoms with E-state index in [9.17, 15) is 4.79 Å². The van der Waals surface area contributed by atoms with Gasteiger partial charge in [0.25, 0.3) is 5.91 Å². The monoisotopic (exact) mass is 361 g/mol. The van der Waals surface area contributed by atoms with Gasteiger partial charge in [-0.3, -0.25) is 4.79 Å². The van der Waals surface area contributed by atoms with Crippen molar-refractivity contribution in [2.45, 2.75) is 105 Å². The Morgan fingerprint density at radius 2 is 1.48 bits per heavy atom. The molecule has 0 saturated carbocycles. The van der Waals surface area contributed by atoms with Gasteiger partial charge in [0.1, 0.15) is 5.60 Å². The summed E-state index contributed by atoms with van der Waals surface area (Å²) in [6.45, 7) is 20.8. The van der Waals surface area contributed by atoms with E-state index in [0.717, 1.165) is 12.8 Å². The maximum absolute atomic E-state index is 12.5. The SMILES string of the molecule is CC.COCCC(C)(C)NC(=O)C(C)(C)OCCC(C)(C)OC(C)C. The van der Waals surface area contributed by atoms with Gasteiger partial charge in [-0.15, -0.1) is 0 Å². The fourth-order valence-corrected chi connectivity index (χ4v) is 2.19. The number of rotatable bonds is 11. The van der Waals surface area contributed by atoms with Crippen LogP contribution in [0.5, 0.6) is 0 Å². The third kappa shape index (κ3) is 13.2. The number of hydrogen-bond acceptors (Lipinski definition) is 4. The number of ether oxygens (including phenoxy) is 3. The Morgan fingerprint density at radius 3 is 1.92 bits per heavy atom. The van der Waals surface area contributed by atoms with Crippen molar-refractivity contribution in [2.24, 2.45) is 0 Å². The molecule has 0 aliphatic carbocycles. The van der Waals surface area contributed by atoms with E-state index in [0.29, 0.717) is 13.2 Å². The first-order valence-corrected chi connectivity index (χ1v) is 9.45. The van der Waals surface area contributed by atoms with Crippen LogP contribution >= 0.6 is 0 Å². The smallest absolute Gasteiger partial charge is 0.252 e. The minimum atomic E-state index is -0.877. The van der Waals surface area contributed by atoms with Gasteiger partial charge in [-0.25, -0.2) is 0 Å². The van der Waals surface area contributed by atoms with Gasteiger partial charge < -0.3 is 19.5 Å². The maximum atomic E-state index is 12.5. The molecule has 0 aromatic carbocycles. The molecule has 0 atom stereocenters. The fourth-order valence-electron chi connectivity index (χ4n) is 2.19. The average molecular weight is 362 g/mol.